The molecule has 0 unspecified atom stereocenters. The summed E-state index contributed by atoms with van der Waals surface area (Å²) in [6, 6.07) is 13.3. The van der Waals surface area contributed by atoms with Gasteiger partial charge in [0.25, 0.3) is 0 Å². The van der Waals surface area contributed by atoms with E-state index in [1.807, 2.05) is 42.5 Å². The summed E-state index contributed by atoms with van der Waals surface area (Å²) in [5.41, 5.74) is 0.911. The molecule has 0 spiro atoms. The lowest BCUT2D eigenvalue weighted by Crippen LogP contribution is -2.27. The van der Waals surface area contributed by atoms with Crippen molar-refractivity contribution in [2.75, 3.05) is 14.1 Å². The third kappa shape index (κ3) is 3.65. The molecule has 1 amide bonds. The number of benzene rings is 1. The van der Waals surface area contributed by atoms with Gasteiger partial charge in [0.2, 0.25) is 11.1 Å². The van der Waals surface area contributed by atoms with Crippen LogP contribution in [-0.4, -0.2) is 45.1 Å². The number of tetrazole rings is 1. The average molecular weight is 343 g/mol. The fourth-order valence-electron chi connectivity index (χ4n) is 2.16. The van der Waals surface area contributed by atoms with Gasteiger partial charge in [-0.25, -0.2) is 4.68 Å². The molecule has 7 nitrogen and oxygen atoms in total. The van der Waals surface area contributed by atoms with Crippen LogP contribution in [0.5, 0.6) is 0 Å². The third-order valence-electron chi connectivity index (χ3n) is 3.38. The molecule has 124 valence electrons. The van der Waals surface area contributed by atoms with Gasteiger partial charge >= 0.3 is 0 Å². The standard InChI is InChI=1S/C16H17N5O2S/c1-20(2)15(22)14(12-7-4-3-5-8-12)24-16-17-18-19-21(16)11-13-9-6-10-23-13/h3-10,14H,11H2,1-2H3/t14-/m0/s1. The minimum absolute atomic E-state index is 0.0150. The number of carbonyl (C=O) groups is 1. The first-order valence-electron chi connectivity index (χ1n) is 7.36. The lowest BCUT2D eigenvalue weighted by Gasteiger charge is -2.19. The van der Waals surface area contributed by atoms with Crippen LogP contribution in [0.4, 0.5) is 0 Å². The van der Waals surface area contributed by atoms with Gasteiger partial charge in [-0.15, -0.1) is 5.10 Å². The molecular weight excluding hydrogens is 326 g/mol. The summed E-state index contributed by atoms with van der Waals surface area (Å²) in [6.45, 7) is 0.417. The quantitative estimate of drug-likeness (QED) is 0.639. The Morgan fingerprint density at radius 1 is 1.25 bits per heavy atom. The van der Waals surface area contributed by atoms with E-state index in [2.05, 4.69) is 15.5 Å². The van der Waals surface area contributed by atoms with Gasteiger partial charge < -0.3 is 9.32 Å². The molecule has 0 saturated heterocycles. The number of likely N-dealkylation sites (N-methyl/N-ethyl adjacent to an activating group) is 1. The van der Waals surface area contributed by atoms with Crippen LogP contribution in [0.2, 0.25) is 0 Å². The Hall–Kier alpha value is -2.61. The third-order valence-corrected chi connectivity index (χ3v) is 4.59. The van der Waals surface area contributed by atoms with E-state index < -0.39 is 5.25 Å². The molecule has 0 bridgehead atoms. The summed E-state index contributed by atoms with van der Waals surface area (Å²) in [5, 5.41) is 11.9. The molecular formula is C16H17N5O2S. The normalized spacial score (nSPS) is 12.1. The second-order valence-electron chi connectivity index (χ2n) is 5.34. The van der Waals surface area contributed by atoms with Crippen molar-refractivity contribution in [3.05, 3.63) is 60.1 Å². The molecule has 1 atom stereocenters. The van der Waals surface area contributed by atoms with Crippen molar-refractivity contribution in [1.82, 2.24) is 25.1 Å². The molecule has 0 aliphatic carbocycles. The number of furan rings is 1. The molecule has 2 heterocycles. The van der Waals surface area contributed by atoms with Crippen LogP contribution in [-0.2, 0) is 11.3 Å². The smallest absolute Gasteiger partial charge is 0.240 e. The molecule has 24 heavy (non-hydrogen) atoms. The summed E-state index contributed by atoms with van der Waals surface area (Å²) in [4.78, 5) is 14.2. The van der Waals surface area contributed by atoms with Gasteiger partial charge in [0, 0.05) is 14.1 Å². The van der Waals surface area contributed by atoms with Crippen molar-refractivity contribution in [1.29, 1.82) is 0 Å². The largest absolute Gasteiger partial charge is 0.467 e. The molecule has 0 aliphatic heterocycles. The number of aromatic nitrogens is 4. The van der Waals surface area contributed by atoms with Crippen LogP contribution in [0.25, 0.3) is 0 Å². The van der Waals surface area contributed by atoms with Gasteiger partial charge in [0.05, 0.1) is 6.26 Å². The molecule has 8 heteroatoms. The number of hydrogen-bond acceptors (Lipinski definition) is 6. The zero-order valence-corrected chi connectivity index (χ0v) is 14.2. The number of nitrogens with zero attached hydrogens (tertiary/aromatic N) is 5. The highest BCUT2D eigenvalue weighted by Gasteiger charge is 2.26. The van der Waals surface area contributed by atoms with Crippen molar-refractivity contribution in [3.8, 4) is 0 Å². The van der Waals surface area contributed by atoms with Crippen molar-refractivity contribution in [2.24, 2.45) is 0 Å². The summed E-state index contributed by atoms with van der Waals surface area (Å²) < 4.78 is 6.96. The lowest BCUT2D eigenvalue weighted by atomic mass is 10.1. The zero-order chi connectivity index (χ0) is 16.9. The zero-order valence-electron chi connectivity index (χ0n) is 13.4. The Bertz CT molecular complexity index is 786. The van der Waals surface area contributed by atoms with Crippen LogP contribution in [0, 0.1) is 0 Å². The van der Waals surface area contributed by atoms with E-state index in [1.165, 1.54) is 11.8 Å². The number of amides is 1. The van der Waals surface area contributed by atoms with E-state index in [0.29, 0.717) is 11.7 Å². The van der Waals surface area contributed by atoms with Crippen molar-refractivity contribution < 1.29 is 9.21 Å². The number of rotatable bonds is 6. The van der Waals surface area contributed by atoms with Crippen molar-refractivity contribution in [2.45, 2.75) is 17.0 Å². The van der Waals surface area contributed by atoms with E-state index in [0.717, 1.165) is 11.3 Å². The molecule has 0 N–H and O–H groups in total. The van der Waals surface area contributed by atoms with Gasteiger partial charge in [-0.2, -0.15) is 0 Å². The summed E-state index contributed by atoms with van der Waals surface area (Å²) in [6.07, 6.45) is 1.61. The van der Waals surface area contributed by atoms with E-state index in [1.54, 1.807) is 29.9 Å². The number of carbonyl (C=O) groups excluding carboxylic acids is 1. The highest BCUT2D eigenvalue weighted by atomic mass is 32.2. The average Bonchev–Trinajstić information content (AvgIpc) is 3.25. The lowest BCUT2D eigenvalue weighted by molar-refractivity contribution is -0.128. The molecule has 1 aromatic carbocycles. The first-order chi connectivity index (χ1) is 11.6. The number of thioether (sulfide) groups is 1. The van der Waals surface area contributed by atoms with Crippen LogP contribution in [0.1, 0.15) is 16.6 Å². The van der Waals surface area contributed by atoms with Crippen molar-refractivity contribution >= 4 is 17.7 Å². The Labute approximate surface area is 143 Å². The maximum Gasteiger partial charge on any atom is 0.240 e. The maximum absolute atomic E-state index is 12.6. The fraction of sp³-hybridized carbons (Fsp3) is 0.250. The van der Waals surface area contributed by atoms with E-state index in [-0.39, 0.29) is 5.91 Å². The highest BCUT2D eigenvalue weighted by molar-refractivity contribution is 8.00. The van der Waals surface area contributed by atoms with Gasteiger partial charge in [-0.1, -0.05) is 42.1 Å². The minimum Gasteiger partial charge on any atom is -0.467 e. The Morgan fingerprint density at radius 2 is 2.04 bits per heavy atom. The van der Waals surface area contributed by atoms with E-state index in [4.69, 9.17) is 4.42 Å². The van der Waals surface area contributed by atoms with E-state index in [9.17, 15) is 4.79 Å². The first-order valence-corrected chi connectivity index (χ1v) is 8.24. The van der Waals surface area contributed by atoms with Gasteiger partial charge in [-0.3, -0.25) is 4.79 Å². The molecule has 3 aromatic rings. The molecule has 0 radical (unpaired) electrons. The van der Waals surface area contributed by atoms with Crippen LogP contribution in [0.15, 0.2) is 58.3 Å². The predicted octanol–water partition coefficient (Wildman–Crippen LogP) is 2.24. The molecule has 3 rings (SSSR count). The van der Waals surface area contributed by atoms with Gasteiger partial charge in [0.1, 0.15) is 17.6 Å². The summed E-state index contributed by atoms with van der Waals surface area (Å²) in [7, 11) is 3.48. The van der Waals surface area contributed by atoms with Crippen LogP contribution in [0.3, 0.4) is 0 Å². The molecule has 2 aromatic heterocycles. The monoisotopic (exact) mass is 343 g/mol. The summed E-state index contributed by atoms with van der Waals surface area (Å²) >= 11 is 1.33. The molecule has 0 saturated carbocycles. The Balaban J connectivity index is 1.86. The number of hydrogen-bond donors (Lipinski definition) is 0. The van der Waals surface area contributed by atoms with Crippen LogP contribution < -0.4 is 0 Å². The minimum atomic E-state index is -0.414. The Morgan fingerprint density at radius 3 is 2.71 bits per heavy atom. The predicted molar refractivity (Wildman–Crippen MR) is 89.4 cm³/mol. The van der Waals surface area contributed by atoms with Gasteiger partial charge in [0.15, 0.2) is 0 Å². The second-order valence-corrected chi connectivity index (χ2v) is 6.41. The fourth-order valence-corrected chi connectivity index (χ4v) is 3.28. The van der Waals surface area contributed by atoms with Crippen LogP contribution >= 0.6 is 11.8 Å². The van der Waals surface area contributed by atoms with Crippen molar-refractivity contribution in [3.63, 3.8) is 0 Å². The molecule has 0 fully saturated rings. The molecule has 0 aliphatic rings. The maximum atomic E-state index is 12.6. The van der Waals surface area contributed by atoms with Gasteiger partial charge in [-0.05, 0) is 28.1 Å². The Kier molecular flexibility index (Phi) is 4.95. The highest BCUT2D eigenvalue weighted by Crippen LogP contribution is 2.35. The summed E-state index contributed by atoms with van der Waals surface area (Å²) in [5.74, 6) is 0.734. The topological polar surface area (TPSA) is 77.1 Å². The second kappa shape index (κ2) is 7.31. The SMILES string of the molecule is CN(C)C(=O)[C@@H](Sc1nnnn1Cc1ccco1)c1ccccc1. The first kappa shape index (κ1) is 16.3. The van der Waals surface area contributed by atoms with E-state index >= 15 is 0 Å².